The maximum atomic E-state index is 11.7. The Kier molecular flexibility index (Phi) is 1.82. The fraction of sp³-hybridized carbons (Fsp3) is 0. The molecule has 0 aliphatic carbocycles. The molecule has 76 valence electrons. The molecule has 0 saturated heterocycles. The van der Waals surface area contributed by atoms with Crippen molar-refractivity contribution >= 4 is 32.6 Å². The van der Waals surface area contributed by atoms with Crippen LogP contribution in [0.25, 0.3) is 21.3 Å². The van der Waals surface area contributed by atoms with Crippen LogP contribution < -0.4 is 5.43 Å². The third-order valence-corrected chi connectivity index (χ3v) is 3.40. The fourth-order valence-electron chi connectivity index (χ4n) is 1.66. The highest BCUT2D eigenvalue weighted by Gasteiger charge is 2.11. The van der Waals surface area contributed by atoms with E-state index in [1.165, 1.54) is 17.4 Å². The van der Waals surface area contributed by atoms with Crippen LogP contribution in [0.5, 0.6) is 0 Å². The van der Waals surface area contributed by atoms with Gasteiger partial charge in [-0.3, -0.25) is 4.79 Å². The van der Waals surface area contributed by atoms with Crippen molar-refractivity contribution in [3.63, 3.8) is 0 Å². The third kappa shape index (κ3) is 1.16. The normalized spacial score (nSPS) is 10.7. The van der Waals surface area contributed by atoms with Gasteiger partial charge in [-0.1, -0.05) is 12.1 Å². The molecule has 16 heavy (non-hydrogen) atoms. The molecule has 2 heterocycles. The van der Waals surface area contributed by atoms with Gasteiger partial charge in [0.2, 0.25) is 5.43 Å². The molecule has 0 radical (unpaired) electrons. The van der Waals surface area contributed by atoms with Gasteiger partial charge in [-0.2, -0.15) is 5.26 Å². The van der Waals surface area contributed by atoms with E-state index >= 15 is 0 Å². The van der Waals surface area contributed by atoms with Crippen LogP contribution >= 0.6 is 11.3 Å². The van der Waals surface area contributed by atoms with Gasteiger partial charge in [0.1, 0.15) is 16.5 Å². The number of furan rings is 1. The summed E-state index contributed by atoms with van der Waals surface area (Å²) >= 11 is 1.28. The van der Waals surface area contributed by atoms with Crippen molar-refractivity contribution in [2.45, 2.75) is 0 Å². The lowest BCUT2D eigenvalue weighted by molar-refractivity contribution is 0.666. The van der Waals surface area contributed by atoms with Gasteiger partial charge in [0.25, 0.3) is 0 Å². The summed E-state index contributed by atoms with van der Waals surface area (Å²) < 4.78 is 6.22. The number of benzene rings is 1. The summed E-state index contributed by atoms with van der Waals surface area (Å²) in [7, 11) is 0. The Morgan fingerprint density at radius 2 is 2.12 bits per heavy atom. The molecule has 0 N–H and O–H groups in total. The molecule has 0 unspecified atom stereocenters. The highest BCUT2D eigenvalue weighted by atomic mass is 32.1. The lowest BCUT2D eigenvalue weighted by Crippen LogP contribution is -1.96. The molecule has 0 aliphatic rings. The van der Waals surface area contributed by atoms with E-state index in [-0.39, 0.29) is 5.43 Å². The molecular formula is C12H5NO2S. The molecule has 0 atom stereocenters. The lowest BCUT2D eigenvalue weighted by atomic mass is 10.2. The van der Waals surface area contributed by atoms with Crippen molar-refractivity contribution in [3.05, 3.63) is 45.4 Å². The summed E-state index contributed by atoms with van der Waals surface area (Å²) in [6.45, 7) is 0. The molecular weight excluding hydrogens is 222 g/mol. The number of hydrogen-bond acceptors (Lipinski definition) is 4. The number of fused-ring (bicyclic) bond motifs is 3. The molecule has 0 amide bonds. The Balaban J connectivity index is 2.62. The first kappa shape index (κ1) is 9.13. The smallest absolute Gasteiger partial charge is 0.224 e. The second-order valence-corrected chi connectivity index (χ2v) is 4.40. The van der Waals surface area contributed by atoms with E-state index in [1.807, 2.05) is 30.3 Å². The minimum absolute atomic E-state index is 0.235. The van der Waals surface area contributed by atoms with Crippen molar-refractivity contribution in [1.29, 1.82) is 5.26 Å². The van der Waals surface area contributed by atoms with Crippen molar-refractivity contribution < 1.29 is 4.42 Å². The highest BCUT2D eigenvalue weighted by molar-refractivity contribution is 7.19. The number of para-hydroxylation sites is 1. The van der Waals surface area contributed by atoms with Crippen LogP contribution in [0.2, 0.25) is 0 Å². The summed E-state index contributed by atoms with van der Waals surface area (Å²) in [5, 5.41) is 9.71. The van der Waals surface area contributed by atoms with Crippen molar-refractivity contribution in [1.82, 2.24) is 0 Å². The Morgan fingerprint density at radius 1 is 1.31 bits per heavy atom. The molecule has 0 bridgehead atoms. The zero-order valence-electron chi connectivity index (χ0n) is 8.06. The van der Waals surface area contributed by atoms with Gasteiger partial charge in [-0.05, 0) is 12.1 Å². The third-order valence-electron chi connectivity index (χ3n) is 2.36. The topological polar surface area (TPSA) is 54.0 Å². The Bertz CT molecular complexity index is 792. The summed E-state index contributed by atoms with van der Waals surface area (Å²) in [6.07, 6.45) is 0. The largest absolute Gasteiger partial charge is 0.451 e. The number of rotatable bonds is 0. The zero-order valence-corrected chi connectivity index (χ0v) is 8.88. The second kappa shape index (κ2) is 3.19. The molecule has 3 nitrogen and oxygen atoms in total. The Labute approximate surface area is 94.2 Å². The van der Waals surface area contributed by atoms with Gasteiger partial charge in [0, 0.05) is 11.5 Å². The molecule has 0 spiro atoms. The monoisotopic (exact) mass is 227 g/mol. The van der Waals surface area contributed by atoms with Gasteiger partial charge in [0.05, 0.1) is 4.70 Å². The minimum Gasteiger partial charge on any atom is -0.451 e. The van der Waals surface area contributed by atoms with Gasteiger partial charge in [-0.15, -0.1) is 11.3 Å². The summed E-state index contributed by atoms with van der Waals surface area (Å²) in [6, 6.07) is 10.7. The van der Waals surface area contributed by atoms with E-state index in [1.54, 1.807) is 0 Å². The van der Waals surface area contributed by atoms with Crippen LogP contribution in [0.4, 0.5) is 0 Å². The van der Waals surface area contributed by atoms with Crippen LogP contribution in [-0.2, 0) is 0 Å². The van der Waals surface area contributed by atoms with Crippen LogP contribution in [0.1, 0.15) is 4.88 Å². The molecule has 0 fully saturated rings. The highest BCUT2D eigenvalue weighted by Crippen LogP contribution is 2.30. The van der Waals surface area contributed by atoms with E-state index in [0.29, 0.717) is 16.0 Å². The molecule has 0 saturated carbocycles. The number of nitrogens with zero attached hydrogens (tertiary/aromatic N) is 1. The van der Waals surface area contributed by atoms with Crippen LogP contribution in [0.15, 0.2) is 39.5 Å². The minimum atomic E-state index is -0.235. The Hall–Kier alpha value is -2.12. The maximum absolute atomic E-state index is 11.7. The van der Waals surface area contributed by atoms with E-state index in [0.717, 1.165) is 10.1 Å². The average molecular weight is 227 g/mol. The number of hydrogen-bond donors (Lipinski definition) is 0. The van der Waals surface area contributed by atoms with Crippen LogP contribution in [0.3, 0.4) is 0 Å². The van der Waals surface area contributed by atoms with E-state index < -0.39 is 0 Å². The SMILES string of the molecule is N#Cc1cc(=O)c2oc3ccccc3c2s1. The van der Waals surface area contributed by atoms with Gasteiger partial charge >= 0.3 is 0 Å². The van der Waals surface area contributed by atoms with Crippen LogP contribution in [0, 0.1) is 11.3 Å². The van der Waals surface area contributed by atoms with Crippen molar-refractivity contribution in [2.24, 2.45) is 0 Å². The molecule has 3 rings (SSSR count). The predicted octanol–water partition coefficient (Wildman–Crippen LogP) is 2.88. The quantitative estimate of drug-likeness (QED) is 0.593. The van der Waals surface area contributed by atoms with Crippen LogP contribution in [-0.4, -0.2) is 0 Å². The molecule has 2 aromatic heterocycles. The fourth-order valence-corrected chi connectivity index (χ4v) is 2.61. The van der Waals surface area contributed by atoms with Gasteiger partial charge in [-0.25, -0.2) is 0 Å². The molecule has 3 aromatic rings. The summed E-state index contributed by atoms with van der Waals surface area (Å²) in [5.74, 6) is 0. The lowest BCUT2D eigenvalue weighted by Gasteiger charge is -1.87. The molecule has 0 aliphatic heterocycles. The molecule has 1 aromatic carbocycles. The van der Waals surface area contributed by atoms with Gasteiger partial charge in [0.15, 0.2) is 5.58 Å². The number of nitriles is 1. The predicted molar refractivity (Wildman–Crippen MR) is 62.6 cm³/mol. The van der Waals surface area contributed by atoms with E-state index in [9.17, 15) is 4.79 Å². The van der Waals surface area contributed by atoms with E-state index in [4.69, 9.17) is 9.68 Å². The van der Waals surface area contributed by atoms with Gasteiger partial charge < -0.3 is 4.42 Å². The maximum Gasteiger partial charge on any atom is 0.224 e. The Morgan fingerprint density at radius 3 is 2.94 bits per heavy atom. The molecule has 4 heteroatoms. The standard InChI is InChI=1S/C12H5NO2S/c13-6-7-5-9(14)11-12(16-7)8-3-1-2-4-10(8)15-11/h1-5H. The summed E-state index contributed by atoms with van der Waals surface area (Å²) in [4.78, 5) is 12.1. The first-order chi connectivity index (χ1) is 7.79. The van der Waals surface area contributed by atoms with Crippen molar-refractivity contribution in [2.75, 3.05) is 0 Å². The summed E-state index contributed by atoms with van der Waals surface area (Å²) in [5.41, 5.74) is 0.785. The zero-order chi connectivity index (χ0) is 11.1. The van der Waals surface area contributed by atoms with E-state index in [2.05, 4.69) is 0 Å². The first-order valence-corrected chi connectivity index (χ1v) is 5.47. The first-order valence-electron chi connectivity index (χ1n) is 4.65. The average Bonchev–Trinajstić information content (AvgIpc) is 2.68. The second-order valence-electron chi connectivity index (χ2n) is 3.34. The van der Waals surface area contributed by atoms with Crippen molar-refractivity contribution in [3.8, 4) is 6.07 Å².